The number of carbonyl (C=O) groups excluding carboxylic acids is 1. The van der Waals surface area contributed by atoms with Gasteiger partial charge in [-0.15, -0.1) is 0 Å². The van der Waals surface area contributed by atoms with Gasteiger partial charge in [0.2, 0.25) is 11.8 Å². The van der Waals surface area contributed by atoms with E-state index in [1.807, 2.05) is 18.2 Å². The Kier molecular flexibility index (Phi) is 5.83. The first-order valence-corrected chi connectivity index (χ1v) is 8.77. The zero-order chi connectivity index (χ0) is 18.4. The van der Waals surface area contributed by atoms with E-state index in [0.29, 0.717) is 5.88 Å². The van der Waals surface area contributed by atoms with Gasteiger partial charge in [0.05, 0.1) is 0 Å². The van der Waals surface area contributed by atoms with E-state index in [0.717, 1.165) is 25.7 Å². The molecule has 8 heteroatoms. The quantitative estimate of drug-likeness (QED) is 0.795. The maximum Gasteiger partial charge on any atom is 0.328 e. The van der Waals surface area contributed by atoms with Crippen LogP contribution in [-0.2, 0) is 11.3 Å². The van der Waals surface area contributed by atoms with E-state index in [9.17, 15) is 14.4 Å². The second-order valence-corrected chi connectivity index (χ2v) is 6.38. The molecule has 2 heterocycles. The largest absolute Gasteiger partial charge is 0.474 e. The van der Waals surface area contributed by atoms with Gasteiger partial charge >= 0.3 is 5.69 Å². The van der Waals surface area contributed by atoms with Gasteiger partial charge in [-0.05, 0) is 31.7 Å². The zero-order valence-corrected chi connectivity index (χ0v) is 14.4. The summed E-state index contributed by atoms with van der Waals surface area (Å²) in [6.45, 7) is 0.236. The molecule has 1 amide bonds. The van der Waals surface area contributed by atoms with Gasteiger partial charge in [0.1, 0.15) is 6.10 Å². The van der Waals surface area contributed by atoms with Crippen molar-refractivity contribution in [1.82, 2.24) is 19.9 Å². The van der Waals surface area contributed by atoms with Crippen molar-refractivity contribution in [3.05, 3.63) is 57.5 Å². The van der Waals surface area contributed by atoms with Crippen LogP contribution in [0.3, 0.4) is 0 Å². The molecule has 26 heavy (non-hydrogen) atoms. The van der Waals surface area contributed by atoms with E-state index in [1.54, 1.807) is 6.20 Å². The van der Waals surface area contributed by atoms with Crippen molar-refractivity contribution >= 4 is 5.91 Å². The number of hydrogen-bond acceptors (Lipinski definition) is 5. The lowest BCUT2D eigenvalue weighted by Gasteiger charge is -2.29. The van der Waals surface area contributed by atoms with Crippen molar-refractivity contribution in [3.8, 4) is 5.88 Å². The Labute approximate surface area is 150 Å². The van der Waals surface area contributed by atoms with E-state index < -0.39 is 11.2 Å². The van der Waals surface area contributed by atoms with Crippen LogP contribution in [-0.4, -0.2) is 32.6 Å². The Morgan fingerprint density at radius 3 is 2.73 bits per heavy atom. The molecule has 2 aromatic rings. The van der Waals surface area contributed by atoms with Crippen molar-refractivity contribution in [1.29, 1.82) is 0 Å². The molecule has 138 valence electrons. The van der Waals surface area contributed by atoms with Gasteiger partial charge in [0.25, 0.3) is 5.56 Å². The standard InChI is InChI=1S/C18H22N4O4/c23-15(8-11-22-12-9-16(24)21-18(22)25)20-13-4-6-14(7-5-13)26-17-3-1-2-10-19-17/h1-3,9-10,12-14H,4-8,11H2,(H,20,23)(H,21,24,25). The maximum atomic E-state index is 12.1. The molecule has 0 aliphatic heterocycles. The van der Waals surface area contributed by atoms with E-state index in [2.05, 4.69) is 15.3 Å². The van der Waals surface area contributed by atoms with E-state index >= 15 is 0 Å². The predicted molar refractivity (Wildman–Crippen MR) is 95.0 cm³/mol. The normalized spacial score (nSPS) is 19.7. The third-order valence-corrected chi connectivity index (χ3v) is 4.44. The summed E-state index contributed by atoms with van der Waals surface area (Å²) in [5.74, 6) is 0.531. The minimum Gasteiger partial charge on any atom is -0.474 e. The fourth-order valence-electron chi connectivity index (χ4n) is 3.05. The Balaban J connectivity index is 1.40. The minimum atomic E-state index is -0.502. The number of rotatable bonds is 6. The molecule has 0 spiro atoms. The molecule has 3 rings (SSSR count). The molecule has 2 N–H and O–H groups in total. The highest BCUT2D eigenvalue weighted by Gasteiger charge is 2.23. The SMILES string of the molecule is O=C(CCn1ccc(=O)[nH]c1=O)NC1CCC(Oc2ccccn2)CC1. The fourth-order valence-corrected chi connectivity index (χ4v) is 3.05. The van der Waals surface area contributed by atoms with E-state index in [-0.39, 0.29) is 31.0 Å². The molecule has 2 aromatic heterocycles. The monoisotopic (exact) mass is 358 g/mol. The number of nitrogens with one attached hydrogen (secondary N) is 2. The van der Waals surface area contributed by atoms with Crippen LogP contribution in [0.4, 0.5) is 0 Å². The van der Waals surface area contributed by atoms with Crippen LogP contribution in [0.15, 0.2) is 46.2 Å². The number of aromatic amines is 1. The molecule has 1 fully saturated rings. The molecule has 0 unspecified atom stereocenters. The van der Waals surface area contributed by atoms with Gasteiger partial charge in [0, 0.05) is 43.5 Å². The zero-order valence-electron chi connectivity index (χ0n) is 14.4. The first-order valence-electron chi connectivity index (χ1n) is 8.77. The number of H-pyrrole nitrogens is 1. The lowest BCUT2D eigenvalue weighted by atomic mass is 9.93. The van der Waals surface area contributed by atoms with Gasteiger partial charge < -0.3 is 14.6 Å². The Morgan fingerprint density at radius 1 is 1.23 bits per heavy atom. The third-order valence-electron chi connectivity index (χ3n) is 4.44. The molecule has 0 radical (unpaired) electrons. The minimum absolute atomic E-state index is 0.0998. The fraction of sp³-hybridized carbons (Fsp3) is 0.444. The molecular weight excluding hydrogens is 336 g/mol. The summed E-state index contributed by atoms with van der Waals surface area (Å²) in [5.41, 5.74) is -0.946. The number of nitrogens with zero attached hydrogens (tertiary/aromatic N) is 2. The molecule has 0 atom stereocenters. The average Bonchev–Trinajstić information content (AvgIpc) is 2.63. The number of pyridine rings is 1. The van der Waals surface area contributed by atoms with Crippen LogP contribution in [0.2, 0.25) is 0 Å². The topological polar surface area (TPSA) is 106 Å². The van der Waals surface area contributed by atoms with Crippen molar-refractivity contribution < 1.29 is 9.53 Å². The van der Waals surface area contributed by atoms with Crippen molar-refractivity contribution in [3.63, 3.8) is 0 Å². The van der Waals surface area contributed by atoms with Crippen LogP contribution in [0.1, 0.15) is 32.1 Å². The third kappa shape index (κ3) is 5.05. The number of amides is 1. The van der Waals surface area contributed by atoms with Gasteiger partial charge in [-0.2, -0.15) is 0 Å². The van der Waals surface area contributed by atoms with Gasteiger partial charge in [-0.1, -0.05) is 6.07 Å². The number of hydrogen-bond donors (Lipinski definition) is 2. The smallest absolute Gasteiger partial charge is 0.328 e. The van der Waals surface area contributed by atoms with Gasteiger partial charge in [0.15, 0.2) is 0 Å². The summed E-state index contributed by atoms with van der Waals surface area (Å²) in [4.78, 5) is 41.0. The number of aromatic nitrogens is 3. The number of aryl methyl sites for hydroxylation is 1. The highest BCUT2D eigenvalue weighted by Crippen LogP contribution is 2.22. The van der Waals surface area contributed by atoms with Crippen molar-refractivity contribution in [2.45, 2.75) is 50.8 Å². The predicted octanol–water partition coefficient (Wildman–Crippen LogP) is 0.828. The van der Waals surface area contributed by atoms with Crippen LogP contribution in [0.5, 0.6) is 5.88 Å². The molecule has 8 nitrogen and oxygen atoms in total. The first kappa shape index (κ1) is 17.9. The van der Waals surface area contributed by atoms with Crippen LogP contribution >= 0.6 is 0 Å². The first-order chi connectivity index (χ1) is 12.6. The molecule has 1 aliphatic rings. The Hall–Kier alpha value is -2.90. The summed E-state index contributed by atoms with van der Waals surface area (Å²) >= 11 is 0. The highest BCUT2D eigenvalue weighted by atomic mass is 16.5. The van der Waals surface area contributed by atoms with Crippen molar-refractivity contribution in [2.24, 2.45) is 0 Å². The van der Waals surface area contributed by atoms with Crippen LogP contribution in [0.25, 0.3) is 0 Å². The lowest BCUT2D eigenvalue weighted by Crippen LogP contribution is -2.40. The van der Waals surface area contributed by atoms with Crippen LogP contribution in [0, 0.1) is 0 Å². The highest BCUT2D eigenvalue weighted by molar-refractivity contribution is 5.76. The summed E-state index contributed by atoms with van der Waals surface area (Å²) in [7, 11) is 0. The molecule has 0 saturated heterocycles. The molecular formula is C18H22N4O4. The molecule has 0 aromatic carbocycles. The number of carbonyl (C=O) groups is 1. The summed E-state index contributed by atoms with van der Waals surface area (Å²) in [6, 6.07) is 6.97. The second kappa shape index (κ2) is 8.46. The molecule has 1 aliphatic carbocycles. The van der Waals surface area contributed by atoms with Gasteiger partial charge in [-0.3, -0.25) is 14.6 Å². The lowest BCUT2D eigenvalue weighted by molar-refractivity contribution is -0.122. The van der Waals surface area contributed by atoms with Gasteiger partial charge in [-0.25, -0.2) is 9.78 Å². The second-order valence-electron chi connectivity index (χ2n) is 6.38. The molecule has 0 bridgehead atoms. The summed E-state index contributed by atoms with van der Waals surface area (Å²) < 4.78 is 7.16. The maximum absolute atomic E-state index is 12.1. The van der Waals surface area contributed by atoms with E-state index in [4.69, 9.17) is 4.74 Å². The number of ether oxygens (including phenoxy) is 1. The summed E-state index contributed by atoms with van der Waals surface area (Å²) in [5, 5.41) is 3.01. The van der Waals surface area contributed by atoms with Crippen molar-refractivity contribution in [2.75, 3.05) is 0 Å². The Morgan fingerprint density at radius 2 is 2.04 bits per heavy atom. The summed E-state index contributed by atoms with van der Waals surface area (Å²) in [6.07, 6.45) is 6.84. The Bertz CT molecular complexity index is 838. The van der Waals surface area contributed by atoms with Crippen LogP contribution < -0.4 is 21.3 Å². The molecule has 1 saturated carbocycles. The van der Waals surface area contributed by atoms with E-state index in [1.165, 1.54) is 16.8 Å². The average molecular weight is 358 g/mol.